The third kappa shape index (κ3) is 5.32. The minimum absolute atomic E-state index is 0.00712. The molecule has 1 aromatic carbocycles. The minimum atomic E-state index is -4.49. The average Bonchev–Trinajstić information content (AvgIpc) is 2.78. The maximum Gasteiger partial charge on any atom is 0.416 e. The number of carbonyl (C=O) groups is 2. The molecular weight excluding hydrogens is 453 g/mol. The van der Waals surface area contributed by atoms with Crippen molar-refractivity contribution in [2.24, 2.45) is 0 Å². The number of likely N-dealkylation sites (tertiary alicyclic amines) is 1. The fraction of sp³-hybridized carbons (Fsp3) is 0.545. The number of benzene rings is 1. The third-order valence-electron chi connectivity index (χ3n) is 6.69. The highest BCUT2D eigenvalue weighted by Gasteiger charge is 2.36. The summed E-state index contributed by atoms with van der Waals surface area (Å²) in [6.45, 7) is 1.33. The van der Waals surface area contributed by atoms with Gasteiger partial charge in [-0.3, -0.25) is 9.69 Å². The maximum atomic E-state index is 13.0. The van der Waals surface area contributed by atoms with E-state index >= 15 is 0 Å². The molecule has 1 aliphatic carbocycles. The monoisotopic (exact) mass is 480 g/mol. The molecule has 2 fully saturated rings. The number of nitrogens with zero attached hydrogens (tertiary/aromatic N) is 4. The molecule has 0 bridgehead atoms. The topological polar surface area (TPSA) is 111 Å². The van der Waals surface area contributed by atoms with Crippen molar-refractivity contribution in [3.05, 3.63) is 30.1 Å². The predicted molar refractivity (Wildman–Crippen MR) is 118 cm³/mol. The van der Waals surface area contributed by atoms with E-state index in [9.17, 15) is 22.8 Å². The molecule has 0 atom stereocenters. The van der Waals surface area contributed by atoms with E-state index < -0.39 is 17.8 Å². The second kappa shape index (κ2) is 9.61. The lowest BCUT2D eigenvalue weighted by molar-refractivity contribution is -0.137. The van der Waals surface area contributed by atoms with Gasteiger partial charge in [0.2, 0.25) is 5.91 Å². The summed E-state index contributed by atoms with van der Waals surface area (Å²) in [5.74, 6) is -0.0974. The minimum Gasteiger partial charge on any atom is -0.465 e. The van der Waals surface area contributed by atoms with Crippen molar-refractivity contribution in [3.63, 3.8) is 0 Å². The zero-order chi connectivity index (χ0) is 24.5. The Morgan fingerprint density at radius 1 is 1.18 bits per heavy atom. The summed E-state index contributed by atoms with van der Waals surface area (Å²) in [6.07, 6.45) is -0.652. The molecule has 2 amide bonds. The van der Waals surface area contributed by atoms with Crippen LogP contribution in [0.2, 0.25) is 0 Å². The molecule has 2 aliphatic rings. The summed E-state index contributed by atoms with van der Waals surface area (Å²) in [4.78, 5) is 35.1. The number of fused-ring (bicyclic) bond motifs is 1. The summed E-state index contributed by atoms with van der Waals surface area (Å²) < 4.78 is 39.1. The SMILES string of the molecule is CN(C(=O)O)C1CCC(N2CC(NC(=O)CNc3ncnc4ccc(C(F)(F)F)cc34)C2)CC1. The van der Waals surface area contributed by atoms with Crippen LogP contribution < -0.4 is 10.6 Å². The molecule has 1 saturated carbocycles. The van der Waals surface area contributed by atoms with Crippen molar-refractivity contribution in [1.82, 2.24) is 25.1 Å². The quantitative estimate of drug-likeness (QED) is 0.583. The lowest BCUT2D eigenvalue weighted by atomic mass is 9.87. The fourth-order valence-corrected chi connectivity index (χ4v) is 4.69. The first-order valence-corrected chi connectivity index (χ1v) is 11.2. The summed E-state index contributed by atoms with van der Waals surface area (Å²) >= 11 is 0. The molecule has 12 heteroatoms. The van der Waals surface area contributed by atoms with Crippen molar-refractivity contribution in [3.8, 4) is 0 Å². The second-order valence-electron chi connectivity index (χ2n) is 8.88. The molecule has 3 N–H and O–H groups in total. The molecule has 4 rings (SSSR count). The number of hydrogen-bond acceptors (Lipinski definition) is 6. The normalized spacial score (nSPS) is 21.6. The van der Waals surface area contributed by atoms with Crippen LogP contribution in [0.25, 0.3) is 10.9 Å². The first-order valence-electron chi connectivity index (χ1n) is 11.2. The number of amides is 2. The van der Waals surface area contributed by atoms with Crippen molar-refractivity contribution in [2.45, 2.75) is 50.0 Å². The molecule has 1 aromatic heterocycles. The molecular formula is C22H27F3N6O3. The second-order valence-corrected chi connectivity index (χ2v) is 8.88. The molecule has 34 heavy (non-hydrogen) atoms. The number of rotatable bonds is 6. The number of halogens is 3. The van der Waals surface area contributed by atoms with Crippen LogP contribution in [0.3, 0.4) is 0 Å². The van der Waals surface area contributed by atoms with Gasteiger partial charge in [0.15, 0.2) is 0 Å². The van der Waals surface area contributed by atoms with Gasteiger partial charge < -0.3 is 20.6 Å². The largest absolute Gasteiger partial charge is 0.465 e. The van der Waals surface area contributed by atoms with Gasteiger partial charge in [-0.1, -0.05) is 0 Å². The van der Waals surface area contributed by atoms with Crippen LogP contribution in [0, 0.1) is 0 Å². The van der Waals surface area contributed by atoms with Gasteiger partial charge >= 0.3 is 12.3 Å². The van der Waals surface area contributed by atoms with E-state index in [4.69, 9.17) is 5.11 Å². The predicted octanol–water partition coefficient (Wildman–Crippen LogP) is 2.78. The Hall–Kier alpha value is -3.15. The van der Waals surface area contributed by atoms with Gasteiger partial charge in [-0.05, 0) is 43.9 Å². The molecule has 0 radical (unpaired) electrons. The van der Waals surface area contributed by atoms with E-state index in [0.717, 1.165) is 50.9 Å². The Bertz CT molecular complexity index is 1050. The smallest absolute Gasteiger partial charge is 0.416 e. The zero-order valence-electron chi connectivity index (χ0n) is 18.7. The van der Waals surface area contributed by atoms with Gasteiger partial charge in [0.1, 0.15) is 12.1 Å². The van der Waals surface area contributed by atoms with Gasteiger partial charge in [0.25, 0.3) is 0 Å². The first-order chi connectivity index (χ1) is 16.1. The van der Waals surface area contributed by atoms with Gasteiger partial charge in [0, 0.05) is 37.6 Å². The molecule has 0 spiro atoms. The van der Waals surface area contributed by atoms with Crippen LogP contribution >= 0.6 is 0 Å². The third-order valence-corrected chi connectivity index (χ3v) is 6.69. The molecule has 9 nitrogen and oxygen atoms in total. The van der Waals surface area contributed by atoms with Gasteiger partial charge in [-0.25, -0.2) is 14.8 Å². The summed E-state index contributed by atoms with van der Waals surface area (Å²) in [5, 5.41) is 15.1. The number of alkyl halides is 3. The molecule has 1 saturated heterocycles. The highest BCUT2D eigenvalue weighted by Crippen LogP contribution is 2.32. The van der Waals surface area contributed by atoms with Crippen molar-refractivity contribution in [2.75, 3.05) is 32.0 Å². The van der Waals surface area contributed by atoms with Crippen molar-refractivity contribution in [1.29, 1.82) is 0 Å². The molecule has 2 heterocycles. The number of carboxylic acid groups (broad SMARTS) is 1. The molecule has 0 unspecified atom stereocenters. The van der Waals surface area contributed by atoms with Crippen LogP contribution in [0.15, 0.2) is 24.5 Å². The average molecular weight is 480 g/mol. The van der Waals surface area contributed by atoms with Gasteiger partial charge in [-0.2, -0.15) is 13.2 Å². The van der Waals surface area contributed by atoms with E-state index in [2.05, 4.69) is 25.5 Å². The van der Waals surface area contributed by atoms with E-state index in [-0.39, 0.29) is 35.7 Å². The highest BCUT2D eigenvalue weighted by molar-refractivity contribution is 5.91. The highest BCUT2D eigenvalue weighted by atomic mass is 19.4. The van der Waals surface area contributed by atoms with Crippen LogP contribution in [0.4, 0.5) is 23.8 Å². The van der Waals surface area contributed by atoms with Gasteiger partial charge in [-0.15, -0.1) is 0 Å². The Morgan fingerprint density at radius 2 is 1.88 bits per heavy atom. The zero-order valence-corrected chi connectivity index (χ0v) is 18.7. The van der Waals surface area contributed by atoms with Crippen LogP contribution in [0.1, 0.15) is 31.2 Å². The molecule has 2 aromatic rings. The van der Waals surface area contributed by atoms with Crippen LogP contribution in [0.5, 0.6) is 0 Å². The molecule has 184 valence electrons. The Morgan fingerprint density at radius 3 is 2.53 bits per heavy atom. The summed E-state index contributed by atoms with van der Waals surface area (Å²) in [7, 11) is 1.61. The lowest BCUT2D eigenvalue weighted by Crippen LogP contribution is -2.63. The molecule has 1 aliphatic heterocycles. The van der Waals surface area contributed by atoms with E-state index in [1.165, 1.54) is 17.3 Å². The van der Waals surface area contributed by atoms with Crippen molar-refractivity contribution >= 4 is 28.7 Å². The number of aromatic nitrogens is 2. The summed E-state index contributed by atoms with van der Waals surface area (Å²) in [6, 6.07) is 3.67. The fourth-order valence-electron chi connectivity index (χ4n) is 4.69. The summed E-state index contributed by atoms with van der Waals surface area (Å²) in [5.41, 5.74) is -0.453. The van der Waals surface area contributed by atoms with E-state index in [0.29, 0.717) is 11.6 Å². The van der Waals surface area contributed by atoms with Crippen molar-refractivity contribution < 1.29 is 27.9 Å². The standard InChI is InChI=1S/C22H27F3N6O3/c1-30(21(33)34)15-3-5-16(6-4-15)31-10-14(11-31)29-19(32)9-26-20-17-8-13(22(23,24)25)2-7-18(17)27-12-28-20/h2,7-8,12,14-16H,3-6,9-11H2,1H3,(H,29,32)(H,33,34)(H,26,27,28). The number of hydrogen-bond donors (Lipinski definition) is 3. The number of carbonyl (C=O) groups excluding carboxylic acids is 1. The van der Waals surface area contributed by atoms with Crippen LogP contribution in [-0.4, -0.2) is 81.7 Å². The van der Waals surface area contributed by atoms with E-state index in [1.54, 1.807) is 7.05 Å². The Labute approximate surface area is 194 Å². The van der Waals surface area contributed by atoms with Gasteiger partial charge in [0.05, 0.1) is 23.7 Å². The van der Waals surface area contributed by atoms with Crippen LogP contribution in [-0.2, 0) is 11.0 Å². The maximum absolute atomic E-state index is 13.0. The van der Waals surface area contributed by atoms with E-state index in [1.807, 2.05) is 0 Å². The Kier molecular flexibility index (Phi) is 6.78. The number of nitrogens with one attached hydrogen (secondary N) is 2. The number of anilines is 1. The lowest BCUT2D eigenvalue weighted by Gasteiger charge is -2.47. The Balaban J connectivity index is 1.24. The first kappa shape index (κ1) is 24.0.